The number of rotatable bonds is 18. The van der Waals surface area contributed by atoms with Gasteiger partial charge in [-0.2, -0.15) is 0 Å². The molecule has 0 heterocycles. The first-order chi connectivity index (χ1) is 17.2. The molecule has 37 heavy (non-hydrogen) atoms. The van der Waals surface area contributed by atoms with Crippen molar-refractivity contribution >= 4 is 35.5 Å². The van der Waals surface area contributed by atoms with E-state index in [2.05, 4.69) is 21.3 Å². The fourth-order valence-electron chi connectivity index (χ4n) is 3.18. The fraction of sp³-hybridized carbons (Fsp3) is 0.727. The SMILES string of the molecule is CC(C)C[C@H](NC(=O)[C@H](CCCCN)NC(=O)[C@H](CC(N)=O)NC(=O)[C@H](CO)NC(=O)[C@H](C)N)C(=O)O. The lowest BCUT2D eigenvalue weighted by Gasteiger charge is -2.25. The molecule has 15 heteroatoms. The number of hydrogen-bond donors (Lipinski definition) is 9. The first-order valence-electron chi connectivity index (χ1n) is 12.0. The van der Waals surface area contributed by atoms with E-state index in [1.165, 1.54) is 6.92 Å². The molecule has 0 aliphatic rings. The van der Waals surface area contributed by atoms with E-state index in [9.17, 15) is 39.0 Å². The van der Waals surface area contributed by atoms with E-state index in [0.717, 1.165) is 0 Å². The van der Waals surface area contributed by atoms with Crippen LogP contribution in [-0.4, -0.2) is 89.1 Å². The normalized spacial score (nSPS) is 15.0. The molecule has 0 aromatic heterocycles. The van der Waals surface area contributed by atoms with Gasteiger partial charge in [0.1, 0.15) is 24.2 Å². The van der Waals surface area contributed by atoms with Crippen molar-refractivity contribution in [2.45, 2.75) is 83.1 Å². The van der Waals surface area contributed by atoms with Crippen molar-refractivity contribution in [2.75, 3.05) is 13.2 Å². The molecule has 0 radical (unpaired) electrons. The van der Waals surface area contributed by atoms with Crippen molar-refractivity contribution in [2.24, 2.45) is 23.1 Å². The maximum absolute atomic E-state index is 13.0. The number of carbonyl (C=O) groups excluding carboxylic acids is 5. The van der Waals surface area contributed by atoms with Crippen LogP contribution in [0.15, 0.2) is 0 Å². The van der Waals surface area contributed by atoms with Gasteiger partial charge in [-0.1, -0.05) is 13.8 Å². The number of carboxylic acid groups (broad SMARTS) is 1. The van der Waals surface area contributed by atoms with Crippen molar-refractivity contribution in [3.63, 3.8) is 0 Å². The van der Waals surface area contributed by atoms with Crippen LogP contribution in [0.3, 0.4) is 0 Å². The summed E-state index contributed by atoms with van der Waals surface area (Å²) in [6.07, 6.45) is 0.538. The summed E-state index contributed by atoms with van der Waals surface area (Å²) in [5.74, 6) is -5.68. The second kappa shape index (κ2) is 17.2. The Morgan fingerprint density at radius 3 is 1.70 bits per heavy atom. The molecule has 0 bridgehead atoms. The Balaban J connectivity index is 5.68. The van der Waals surface area contributed by atoms with Crippen molar-refractivity contribution in [3.05, 3.63) is 0 Å². The van der Waals surface area contributed by atoms with Gasteiger partial charge in [-0.3, -0.25) is 24.0 Å². The molecule has 0 unspecified atom stereocenters. The number of aliphatic hydroxyl groups excluding tert-OH is 1. The van der Waals surface area contributed by atoms with E-state index in [-0.39, 0.29) is 18.8 Å². The molecule has 0 aromatic rings. The summed E-state index contributed by atoms with van der Waals surface area (Å²) in [6.45, 7) is 4.43. The number of unbranched alkanes of at least 4 members (excludes halogenated alkanes) is 1. The Labute approximate surface area is 215 Å². The van der Waals surface area contributed by atoms with Crippen LogP contribution >= 0.6 is 0 Å². The zero-order valence-electron chi connectivity index (χ0n) is 21.5. The Bertz CT molecular complexity index is 806. The van der Waals surface area contributed by atoms with Gasteiger partial charge in [0, 0.05) is 0 Å². The van der Waals surface area contributed by atoms with Gasteiger partial charge >= 0.3 is 5.97 Å². The Hall–Kier alpha value is -3.30. The van der Waals surface area contributed by atoms with Crippen molar-refractivity contribution in [3.8, 4) is 0 Å². The topological polar surface area (TPSA) is 269 Å². The van der Waals surface area contributed by atoms with Crippen LogP contribution < -0.4 is 38.5 Å². The molecule has 0 aromatic carbocycles. The second-order valence-corrected chi connectivity index (χ2v) is 9.14. The van der Waals surface area contributed by atoms with Crippen LogP contribution in [0.2, 0.25) is 0 Å². The van der Waals surface area contributed by atoms with Gasteiger partial charge in [0.15, 0.2) is 0 Å². The minimum Gasteiger partial charge on any atom is -0.480 e. The van der Waals surface area contributed by atoms with Crippen LogP contribution in [0.4, 0.5) is 0 Å². The third-order valence-corrected chi connectivity index (χ3v) is 5.17. The van der Waals surface area contributed by atoms with E-state index in [0.29, 0.717) is 19.4 Å². The number of carbonyl (C=O) groups is 6. The van der Waals surface area contributed by atoms with E-state index >= 15 is 0 Å². The molecule has 12 N–H and O–H groups in total. The number of aliphatic carboxylic acids is 1. The molecule has 0 aliphatic heterocycles. The van der Waals surface area contributed by atoms with E-state index in [1.807, 2.05) is 0 Å². The molecule has 0 aliphatic carbocycles. The second-order valence-electron chi connectivity index (χ2n) is 9.14. The van der Waals surface area contributed by atoms with Gasteiger partial charge in [0.25, 0.3) is 0 Å². The summed E-state index contributed by atoms with van der Waals surface area (Å²) in [5, 5.41) is 28.2. The van der Waals surface area contributed by atoms with E-state index in [4.69, 9.17) is 17.2 Å². The highest BCUT2D eigenvalue weighted by molar-refractivity contribution is 5.97. The Morgan fingerprint density at radius 2 is 1.24 bits per heavy atom. The number of hydrogen-bond acceptors (Lipinski definition) is 9. The Morgan fingerprint density at radius 1 is 0.757 bits per heavy atom. The molecular formula is C22H41N7O8. The van der Waals surface area contributed by atoms with Gasteiger partial charge in [0.05, 0.1) is 19.1 Å². The quantitative estimate of drug-likeness (QED) is 0.0784. The zero-order valence-corrected chi connectivity index (χ0v) is 21.5. The monoisotopic (exact) mass is 531 g/mol. The molecular weight excluding hydrogens is 490 g/mol. The van der Waals surface area contributed by atoms with Gasteiger partial charge < -0.3 is 48.7 Å². The minimum absolute atomic E-state index is 0.0379. The lowest BCUT2D eigenvalue weighted by molar-refractivity contribution is -0.143. The van der Waals surface area contributed by atoms with Gasteiger partial charge in [-0.15, -0.1) is 0 Å². The third kappa shape index (κ3) is 13.5. The number of carboxylic acids is 1. The largest absolute Gasteiger partial charge is 0.480 e. The van der Waals surface area contributed by atoms with Crippen molar-refractivity contribution < 1.29 is 39.0 Å². The predicted octanol–water partition coefficient (Wildman–Crippen LogP) is -3.60. The van der Waals surface area contributed by atoms with Crippen LogP contribution in [0.25, 0.3) is 0 Å². The standard InChI is InChI=1S/C22H41N7O8/c1-11(2)8-15(22(36)37)28-19(33)13(6-4-5-7-23)26-20(34)14(9-17(25)31)27-21(35)16(10-30)29-18(32)12(3)24/h11-16,30H,4-10,23-24H2,1-3H3,(H2,25,31)(H,26,34)(H,27,35)(H,28,33)(H,29,32)(H,36,37)/t12-,13-,14-,15-,16-/m0/s1. The van der Waals surface area contributed by atoms with Crippen molar-refractivity contribution in [1.29, 1.82) is 0 Å². The highest BCUT2D eigenvalue weighted by Gasteiger charge is 2.32. The van der Waals surface area contributed by atoms with Crippen LogP contribution in [0.5, 0.6) is 0 Å². The van der Waals surface area contributed by atoms with E-state index in [1.54, 1.807) is 13.8 Å². The lowest BCUT2D eigenvalue weighted by Crippen LogP contribution is -2.59. The fourth-order valence-corrected chi connectivity index (χ4v) is 3.18. The maximum Gasteiger partial charge on any atom is 0.326 e. The molecule has 0 fully saturated rings. The summed E-state index contributed by atoms with van der Waals surface area (Å²) in [5.41, 5.74) is 16.1. The summed E-state index contributed by atoms with van der Waals surface area (Å²) in [4.78, 5) is 73.3. The average molecular weight is 532 g/mol. The first kappa shape index (κ1) is 33.7. The highest BCUT2D eigenvalue weighted by atomic mass is 16.4. The molecule has 5 amide bonds. The van der Waals surface area contributed by atoms with Crippen LogP contribution in [-0.2, 0) is 28.8 Å². The summed E-state index contributed by atoms with van der Waals surface area (Å²) in [7, 11) is 0. The smallest absolute Gasteiger partial charge is 0.326 e. The minimum atomic E-state index is -1.55. The summed E-state index contributed by atoms with van der Waals surface area (Å²) < 4.78 is 0. The van der Waals surface area contributed by atoms with E-state index < -0.39 is 78.7 Å². The van der Waals surface area contributed by atoms with Gasteiger partial charge in [-0.25, -0.2) is 4.79 Å². The number of nitrogens with one attached hydrogen (secondary N) is 4. The lowest BCUT2D eigenvalue weighted by atomic mass is 10.0. The number of nitrogens with two attached hydrogens (primary N) is 3. The zero-order chi connectivity index (χ0) is 28.7. The molecule has 0 rings (SSSR count). The Kier molecular flexibility index (Phi) is 15.7. The van der Waals surface area contributed by atoms with Crippen LogP contribution in [0.1, 0.15) is 52.9 Å². The van der Waals surface area contributed by atoms with Gasteiger partial charge in [0.2, 0.25) is 29.5 Å². The number of amides is 5. The van der Waals surface area contributed by atoms with Crippen LogP contribution in [0, 0.1) is 5.92 Å². The third-order valence-electron chi connectivity index (χ3n) is 5.17. The molecule has 5 atom stereocenters. The van der Waals surface area contributed by atoms with Crippen molar-refractivity contribution in [1.82, 2.24) is 21.3 Å². The molecule has 0 saturated heterocycles. The molecule has 0 spiro atoms. The number of aliphatic hydroxyl groups is 1. The average Bonchev–Trinajstić information content (AvgIpc) is 2.79. The predicted molar refractivity (Wildman–Crippen MR) is 132 cm³/mol. The first-order valence-corrected chi connectivity index (χ1v) is 12.0. The summed E-state index contributed by atoms with van der Waals surface area (Å²) >= 11 is 0. The molecule has 0 saturated carbocycles. The summed E-state index contributed by atoms with van der Waals surface area (Å²) in [6, 6.07) is -6.41. The van der Waals surface area contributed by atoms with Gasteiger partial charge in [-0.05, 0) is 45.1 Å². The number of primary amides is 1. The maximum atomic E-state index is 13.0. The molecule has 212 valence electrons. The highest BCUT2D eigenvalue weighted by Crippen LogP contribution is 2.08. The molecule has 15 nitrogen and oxygen atoms in total.